The van der Waals surface area contributed by atoms with Gasteiger partial charge < -0.3 is 10.2 Å². The Morgan fingerprint density at radius 3 is 2.53 bits per heavy atom. The van der Waals surface area contributed by atoms with Gasteiger partial charge in [-0.05, 0) is 59.1 Å². The predicted molar refractivity (Wildman–Crippen MR) is 85.5 cm³/mol. The summed E-state index contributed by atoms with van der Waals surface area (Å²) in [4.78, 5) is 6.51. The number of benzene rings is 1. The zero-order valence-corrected chi connectivity index (χ0v) is 13.2. The first-order valence-corrected chi connectivity index (χ1v) is 6.94. The van der Waals surface area contributed by atoms with Crippen LogP contribution in [-0.4, -0.2) is 19.1 Å². The van der Waals surface area contributed by atoms with Crippen LogP contribution in [0.5, 0.6) is 0 Å². The molecule has 1 aromatic carbocycles. The van der Waals surface area contributed by atoms with Crippen molar-refractivity contribution >= 4 is 33.1 Å². The summed E-state index contributed by atoms with van der Waals surface area (Å²) in [6.07, 6.45) is 1.86. The van der Waals surface area contributed by atoms with E-state index in [1.807, 2.05) is 27.2 Å². The van der Waals surface area contributed by atoms with Gasteiger partial charge in [0.05, 0.1) is 4.47 Å². The zero-order chi connectivity index (χ0) is 14.0. The van der Waals surface area contributed by atoms with Gasteiger partial charge >= 0.3 is 0 Å². The van der Waals surface area contributed by atoms with Crippen LogP contribution in [0.15, 0.2) is 34.9 Å². The summed E-state index contributed by atoms with van der Waals surface area (Å²) in [7, 11) is 4.10. The summed E-state index contributed by atoms with van der Waals surface area (Å²) in [6, 6.07) is 8.36. The largest absolute Gasteiger partial charge is 0.377 e. The van der Waals surface area contributed by atoms with Gasteiger partial charge in [0.15, 0.2) is 0 Å². The van der Waals surface area contributed by atoms with Crippen LogP contribution in [0.2, 0.25) is 0 Å². The first kappa shape index (κ1) is 13.9. The molecule has 0 fully saturated rings. The van der Waals surface area contributed by atoms with Crippen molar-refractivity contribution in [2.45, 2.75) is 13.8 Å². The van der Waals surface area contributed by atoms with E-state index in [0.717, 1.165) is 21.5 Å². The molecule has 3 nitrogen and oxygen atoms in total. The standard InChI is InChI=1S/C15H18BrN3/c1-10-7-13(16)15(17-9-10)18-12-6-5-11(2)14(8-12)19(3)4/h5-9H,1-4H3,(H,17,18). The monoisotopic (exact) mass is 319 g/mol. The second-order valence-electron chi connectivity index (χ2n) is 4.86. The second kappa shape index (κ2) is 5.61. The Labute approximate surface area is 122 Å². The molecule has 2 aromatic rings. The van der Waals surface area contributed by atoms with E-state index in [2.05, 4.69) is 62.3 Å². The number of aryl methyl sites for hydroxylation is 2. The molecular formula is C15H18BrN3. The average molecular weight is 320 g/mol. The molecule has 0 saturated carbocycles. The highest BCUT2D eigenvalue weighted by molar-refractivity contribution is 9.10. The third-order valence-electron chi connectivity index (χ3n) is 2.93. The average Bonchev–Trinajstić information content (AvgIpc) is 2.34. The minimum absolute atomic E-state index is 0.833. The summed E-state index contributed by atoms with van der Waals surface area (Å²) < 4.78 is 0.972. The summed E-state index contributed by atoms with van der Waals surface area (Å²) >= 11 is 3.53. The van der Waals surface area contributed by atoms with Crippen molar-refractivity contribution in [3.8, 4) is 0 Å². The molecule has 0 aliphatic rings. The third kappa shape index (κ3) is 3.26. The first-order valence-electron chi connectivity index (χ1n) is 6.14. The maximum absolute atomic E-state index is 4.40. The molecule has 0 saturated heterocycles. The Hall–Kier alpha value is -1.55. The van der Waals surface area contributed by atoms with Crippen molar-refractivity contribution in [3.63, 3.8) is 0 Å². The highest BCUT2D eigenvalue weighted by Gasteiger charge is 2.05. The number of hydrogen-bond donors (Lipinski definition) is 1. The van der Waals surface area contributed by atoms with Crippen molar-refractivity contribution in [1.82, 2.24) is 4.98 Å². The molecule has 1 N–H and O–H groups in total. The smallest absolute Gasteiger partial charge is 0.144 e. The van der Waals surface area contributed by atoms with E-state index < -0.39 is 0 Å². The summed E-state index contributed by atoms with van der Waals surface area (Å²) in [5.74, 6) is 0.833. The van der Waals surface area contributed by atoms with Crippen LogP contribution >= 0.6 is 15.9 Å². The maximum atomic E-state index is 4.40. The second-order valence-corrected chi connectivity index (χ2v) is 5.72. The summed E-state index contributed by atoms with van der Waals surface area (Å²) in [5.41, 5.74) is 4.63. The van der Waals surface area contributed by atoms with Crippen LogP contribution in [-0.2, 0) is 0 Å². The fourth-order valence-corrected chi connectivity index (χ4v) is 2.49. The van der Waals surface area contributed by atoms with Crippen molar-refractivity contribution in [1.29, 1.82) is 0 Å². The number of hydrogen-bond acceptors (Lipinski definition) is 3. The van der Waals surface area contributed by atoms with Gasteiger partial charge in [-0.3, -0.25) is 0 Å². The molecule has 19 heavy (non-hydrogen) atoms. The summed E-state index contributed by atoms with van der Waals surface area (Å²) in [6.45, 7) is 4.14. The molecule has 4 heteroatoms. The molecule has 1 heterocycles. The van der Waals surface area contributed by atoms with E-state index in [1.54, 1.807) is 0 Å². The van der Waals surface area contributed by atoms with E-state index >= 15 is 0 Å². The SMILES string of the molecule is Cc1cnc(Nc2ccc(C)c(N(C)C)c2)c(Br)c1. The molecule has 0 aliphatic carbocycles. The normalized spacial score (nSPS) is 10.4. The zero-order valence-electron chi connectivity index (χ0n) is 11.7. The van der Waals surface area contributed by atoms with Gasteiger partial charge in [0.2, 0.25) is 0 Å². The third-order valence-corrected chi connectivity index (χ3v) is 3.54. The Morgan fingerprint density at radius 1 is 1.16 bits per heavy atom. The van der Waals surface area contributed by atoms with Crippen molar-refractivity contribution in [2.75, 3.05) is 24.3 Å². The maximum Gasteiger partial charge on any atom is 0.144 e. The van der Waals surface area contributed by atoms with Crippen LogP contribution < -0.4 is 10.2 Å². The van der Waals surface area contributed by atoms with E-state index in [4.69, 9.17) is 0 Å². The molecule has 0 atom stereocenters. The Morgan fingerprint density at radius 2 is 1.89 bits per heavy atom. The minimum Gasteiger partial charge on any atom is -0.377 e. The molecule has 2 rings (SSSR count). The van der Waals surface area contributed by atoms with Crippen molar-refractivity contribution in [3.05, 3.63) is 46.1 Å². The van der Waals surface area contributed by atoms with Crippen LogP contribution in [0.3, 0.4) is 0 Å². The minimum atomic E-state index is 0.833. The highest BCUT2D eigenvalue weighted by Crippen LogP contribution is 2.27. The van der Waals surface area contributed by atoms with Gasteiger partial charge in [0.1, 0.15) is 5.82 Å². The number of anilines is 3. The fourth-order valence-electron chi connectivity index (χ4n) is 1.93. The van der Waals surface area contributed by atoms with E-state index in [9.17, 15) is 0 Å². The number of halogens is 1. The van der Waals surface area contributed by atoms with Gasteiger partial charge in [-0.15, -0.1) is 0 Å². The number of pyridine rings is 1. The lowest BCUT2D eigenvalue weighted by molar-refractivity contribution is 1.11. The molecule has 0 bridgehead atoms. The molecule has 100 valence electrons. The molecular weight excluding hydrogens is 302 g/mol. The van der Waals surface area contributed by atoms with Crippen LogP contribution in [0, 0.1) is 13.8 Å². The van der Waals surface area contributed by atoms with Crippen molar-refractivity contribution < 1.29 is 0 Å². The number of nitrogens with one attached hydrogen (secondary N) is 1. The number of nitrogens with zero attached hydrogens (tertiary/aromatic N) is 2. The predicted octanol–water partition coefficient (Wildman–Crippen LogP) is 4.27. The number of aromatic nitrogens is 1. The van der Waals surface area contributed by atoms with Gasteiger partial charge in [0.25, 0.3) is 0 Å². The topological polar surface area (TPSA) is 28.2 Å². The van der Waals surface area contributed by atoms with Crippen LogP contribution in [0.25, 0.3) is 0 Å². The molecule has 0 unspecified atom stereocenters. The quantitative estimate of drug-likeness (QED) is 0.915. The molecule has 1 aromatic heterocycles. The Balaban J connectivity index is 2.31. The van der Waals surface area contributed by atoms with Gasteiger partial charge in [-0.1, -0.05) is 6.07 Å². The van der Waals surface area contributed by atoms with Crippen molar-refractivity contribution in [2.24, 2.45) is 0 Å². The summed E-state index contributed by atoms with van der Waals surface area (Å²) in [5, 5.41) is 3.34. The van der Waals surface area contributed by atoms with E-state index in [1.165, 1.54) is 11.3 Å². The number of rotatable bonds is 3. The molecule has 0 aliphatic heterocycles. The lowest BCUT2D eigenvalue weighted by Gasteiger charge is -2.17. The van der Waals surface area contributed by atoms with Crippen LogP contribution in [0.4, 0.5) is 17.2 Å². The van der Waals surface area contributed by atoms with E-state index in [0.29, 0.717) is 0 Å². The van der Waals surface area contributed by atoms with Gasteiger partial charge in [-0.2, -0.15) is 0 Å². The molecule has 0 amide bonds. The fraction of sp³-hybridized carbons (Fsp3) is 0.267. The molecule has 0 radical (unpaired) electrons. The van der Waals surface area contributed by atoms with Gasteiger partial charge in [0, 0.05) is 31.7 Å². The molecule has 0 spiro atoms. The lowest BCUT2D eigenvalue weighted by atomic mass is 10.1. The lowest BCUT2D eigenvalue weighted by Crippen LogP contribution is -2.10. The van der Waals surface area contributed by atoms with E-state index in [-0.39, 0.29) is 0 Å². The van der Waals surface area contributed by atoms with Gasteiger partial charge in [-0.25, -0.2) is 4.98 Å². The highest BCUT2D eigenvalue weighted by atomic mass is 79.9. The Kier molecular flexibility index (Phi) is 4.10. The first-order chi connectivity index (χ1) is 8.97. The van der Waals surface area contributed by atoms with Crippen LogP contribution in [0.1, 0.15) is 11.1 Å². The Bertz CT molecular complexity index is 594.